The summed E-state index contributed by atoms with van der Waals surface area (Å²) < 4.78 is 0.104. The molecule has 0 aliphatic carbocycles. The fourth-order valence-corrected chi connectivity index (χ4v) is 3.93. The Morgan fingerprint density at radius 3 is 2.14 bits per heavy atom. The second-order valence-corrected chi connectivity index (χ2v) is 8.38. The van der Waals surface area contributed by atoms with Gasteiger partial charge in [-0.15, -0.1) is 0 Å². The number of hydrogen-bond donors (Lipinski definition) is 1. The highest BCUT2D eigenvalue weighted by molar-refractivity contribution is 5.81. The lowest BCUT2D eigenvalue weighted by Crippen LogP contribution is -2.60. The molecule has 166 valence electrons. The van der Waals surface area contributed by atoms with Crippen LogP contribution in [0.15, 0.2) is 29.5 Å². The second kappa shape index (κ2) is 15.4. The van der Waals surface area contributed by atoms with Crippen LogP contribution >= 0.6 is 0 Å². The van der Waals surface area contributed by atoms with Crippen LogP contribution in [0, 0.1) is 0 Å². The molecule has 0 spiro atoms. The first kappa shape index (κ1) is 25.6. The maximum Gasteiger partial charge on any atom is 0.209 e. The van der Waals surface area contributed by atoms with Crippen LogP contribution in [0.5, 0.6) is 0 Å². The van der Waals surface area contributed by atoms with Crippen molar-refractivity contribution >= 4 is 11.8 Å². The minimum absolute atomic E-state index is 0.104. The molecule has 2 unspecified atom stereocenters. The lowest BCUT2D eigenvalue weighted by atomic mass is 10.1. The monoisotopic (exact) mass is 405 g/mol. The quantitative estimate of drug-likeness (QED) is 0.202. The molecule has 2 N–H and O–H groups in total. The maximum absolute atomic E-state index is 11.1. The van der Waals surface area contributed by atoms with Gasteiger partial charge in [-0.25, -0.2) is 9.48 Å². The van der Waals surface area contributed by atoms with Crippen LogP contribution in [0.3, 0.4) is 0 Å². The number of unbranched alkanes of at least 4 members (excludes halogenated alkanes) is 11. The molecule has 0 aromatic carbocycles. The van der Waals surface area contributed by atoms with Gasteiger partial charge in [0.15, 0.2) is 0 Å². The lowest BCUT2D eigenvalue weighted by molar-refractivity contribution is -0.808. The first-order valence-corrected chi connectivity index (χ1v) is 11.8. The average Bonchev–Trinajstić information content (AvgIpc) is 3.08. The van der Waals surface area contributed by atoms with Crippen molar-refractivity contribution in [2.45, 2.75) is 110 Å². The predicted octanol–water partition coefficient (Wildman–Crippen LogP) is 4.78. The molecule has 0 aromatic rings. The Hall–Kier alpha value is -1.46. The van der Waals surface area contributed by atoms with E-state index in [1.54, 1.807) is 12.4 Å². The Kier molecular flexibility index (Phi) is 13.6. The van der Waals surface area contributed by atoms with Crippen molar-refractivity contribution in [3.05, 3.63) is 24.6 Å². The van der Waals surface area contributed by atoms with Crippen LogP contribution in [0.4, 0.5) is 0 Å². The Labute approximate surface area is 178 Å². The predicted molar refractivity (Wildman–Crippen MR) is 120 cm³/mol. The molecule has 1 aliphatic heterocycles. The van der Waals surface area contributed by atoms with E-state index in [1.165, 1.54) is 70.6 Å². The molecule has 0 fully saturated rings. The van der Waals surface area contributed by atoms with Gasteiger partial charge in [0.25, 0.3) is 0 Å². The van der Waals surface area contributed by atoms with Crippen molar-refractivity contribution in [2.75, 3.05) is 6.54 Å². The van der Waals surface area contributed by atoms with E-state index in [0.717, 1.165) is 25.1 Å². The number of rotatable bonds is 18. The SMILES string of the molecule is CCCCCCC/C=C/CCCCCCCCC1=NC=C[N+]1(CC(=O)[O-])C(C)N. The molecule has 0 bridgehead atoms. The number of aliphatic carboxylic acids is 1. The summed E-state index contributed by atoms with van der Waals surface area (Å²) in [5, 5.41) is 11.1. The summed E-state index contributed by atoms with van der Waals surface area (Å²) in [6, 6.07) is 0. The van der Waals surface area contributed by atoms with Crippen molar-refractivity contribution < 1.29 is 14.4 Å². The highest BCUT2D eigenvalue weighted by Crippen LogP contribution is 2.23. The number of carboxylic acids is 1. The second-order valence-electron chi connectivity index (χ2n) is 8.38. The van der Waals surface area contributed by atoms with Crippen LogP contribution in [-0.2, 0) is 4.79 Å². The van der Waals surface area contributed by atoms with Gasteiger partial charge < -0.3 is 9.90 Å². The van der Waals surface area contributed by atoms with Gasteiger partial charge in [-0.1, -0.05) is 70.4 Å². The first-order valence-electron chi connectivity index (χ1n) is 11.8. The molecule has 0 saturated heterocycles. The maximum atomic E-state index is 11.1. The zero-order chi connectivity index (χ0) is 21.4. The summed E-state index contributed by atoms with van der Waals surface area (Å²) in [7, 11) is 0. The summed E-state index contributed by atoms with van der Waals surface area (Å²) in [6.45, 7) is 3.95. The number of amidine groups is 1. The molecular weight excluding hydrogens is 362 g/mol. The summed E-state index contributed by atoms with van der Waals surface area (Å²) in [5.74, 6) is -0.240. The molecule has 0 saturated carbocycles. The van der Waals surface area contributed by atoms with E-state index < -0.39 is 5.97 Å². The zero-order valence-electron chi connectivity index (χ0n) is 18.8. The highest BCUT2D eigenvalue weighted by Gasteiger charge is 2.38. The van der Waals surface area contributed by atoms with Crippen molar-refractivity contribution in [3.63, 3.8) is 0 Å². The number of carbonyl (C=O) groups is 1. The van der Waals surface area contributed by atoms with Gasteiger partial charge in [0, 0.05) is 13.3 Å². The number of carbonyl (C=O) groups excluding carboxylic acids is 1. The van der Waals surface area contributed by atoms with E-state index in [1.807, 2.05) is 6.92 Å². The minimum atomic E-state index is -1.09. The summed E-state index contributed by atoms with van der Waals surface area (Å²) in [5.41, 5.74) is 6.07. The van der Waals surface area contributed by atoms with Gasteiger partial charge >= 0.3 is 0 Å². The summed E-state index contributed by atoms with van der Waals surface area (Å²) >= 11 is 0. The van der Waals surface area contributed by atoms with E-state index in [0.29, 0.717) is 0 Å². The molecule has 0 aromatic heterocycles. The number of carboxylic acid groups (broad SMARTS) is 1. The molecule has 5 nitrogen and oxygen atoms in total. The van der Waals surface area contributed by atoms with Crippen LogP contribution in [0.25, 0.3) is 0 Å². The molecule has 29 heavy (non-hydrogen) atoms. The largest absolute Gasteiger partial charge is 0.544 e. The van der Waals surface area contributed by atoms with Gasteiger partial charge in [-0.3, -0.25) is 5.73 Å². The van der Waals surface area contributed by atoms with E-state index >= 15 is 0 Å². The minimum Gasteiger partial charge on any atom is -0.544 e. The highest BCUT2D eigenvalue weighted by atomic mass is 16.4. The average molecular weight is 406 g/mol. The topological polar surface area (TPSA) is 78.5 Å². The lowest BCUT2D eigenvalue weighted by Gasteiger charge is -2.36. The molecule has 1 heterocycles. The Morgan fingerprint density at radius 2 is 1.59 bits per heavy atom. The molecule has 0 radical (unpaired) electrons. The third kappa shape index (κ3) is 10.2. The van der Waals surface area contributed by atoms with Gasteiger partial charge in [0.1, 0.15) is 18.9 Å². The third-order valence-electron chi connectivity index (χ3n) is 5.82. The zero-order valence-corrected chi connectivity index (χ0v) is 18.8. The number of nitrogens with zero attached hydrogens (tertiary/aromatic N) is 2. The number of nitrogens with two attached hydrogens (primary N) is 1. The number of quaternary nitrogens is 1. The van der Waals surface area contributed by atoms with E-state index in [-0.39, 0.29) is 17.2 Å². The summed E-state index contributed by atoms with van der Waals surface area (Å²) in [4.78, 5) is 15.5. The van der Waals surface area contributed by atoms with E-state index in [9.17, 15) is 9.90 Å². The van der Waals surface area contributed by atoms with Crippen LogP contribution in [0.1, 0.15) is 104 Å². The van der Waals surface area contributed by atoms with Gasteiger partial charge in [-0.05, 0) is 32.1 Å². The smallest absolute Gasteiger partial charge is 0.209 e. The number of allylic oxidation sites excluding steroid dienone is 2. The fourth-order valence-electron chi connectivity index (χ4n) is 3.93. The normalized spacial score (nSPS) is 19.8. The van der Waals surface area contributed by atoms with E-state index in [4.69, 9.17) is 5.73 Å². The standard InChI is InChI=1S/C24H43N3O2/c1-3-4-5-6-7-8-9-10-11-12-13-14-15-16-17-18-23-26-19-20-27(23,22(2)25)21-24(28)29/h9-10,19-20,22H,3-8,11-18,21,25H2,1-2H3/b10-9+. The van der Waals surface area contributed by atoms with Crippen molar-refractivity contribution in [1.29, 1.82) is 0 Å². The molecular formula is C24H43N3O2. The Balaban J connectivity index is 2.05. The van der Waals surface area contributed by atoms with Crippen LogP contribution in [-0.4, -0.2) is 29.0 Å². The van der Waals surface area contributed by atoms with Gasteiger partial charge in [-0.2, -0.15) is 0 Å². The van der Waals surface area contributed by atoms with Gasteiger partial charge in [0.05, 0.1) is 12.2 Å². The van der Waals surface area contributed by atoms with Crippen molar-refractivity contribution in [2.24, 2.45) is 10.7 Å². The molecule has 5 heteroatoms. The van der Waals surface area contributed by atoms with Crippen LogP contribution in [0.2, 0.25) is 0 Å². The van der Waals surface area contributed by atoms with Crippen molar-refractivity contribution in [3.8, 4) is 0 Å². The van der Waals surface area contributed by atoms with Crippen LogP contribution < -0.4 is 10.8 Å². The van der Waals surface area contributed by atoms with Crippen molar-refractivity contribution in [1.82, 2.24) is 0 Å². The molecule has 1 rings (SSSR count). The Bertz CT molecular complexity index is 540. The first-order chi connectivity index (χ1) is 14.0. The Morgan fingerprint density at radius 1 is 1.03 bits per heavy atom. The van der Waals surface area contributed by atoms with Gasteiger partial charge in [0.2, 0.25) is 5.84 Å². The number of hydrogen-bond acceptors (Lipinski definition) is 4. The molecule has 0 amide bonds. The summed E-state index contributed by atoms with van der Waals surface area (Å²) in [6.07, 6.45) is 25.1. The number of aliphatic imine (C=N–C) groups is 1. The van der Waals surface area contributed by atoms with E-state index in [2.05, 4.69) is 24.1 Å². The molecule has 1 aliphatic rings. The third-order valence-corrected chi connectivity index (χ3v) is 5.82. The fraction of sp³-hybridized carbons (Fsp3) is 0.750. The molecule has 2 atom stereocenters.